The molecule has 1 aliphatic rings. The molecule has 0 bridgehead atoms. The number of benzene rings is 1. The zero-order chi connectivity index (χ0) is 13.4. The Morgan fingerprint density at radius 3 is 2.79 bits per heavy atom. The smallest absolute Gasteiger partial charge is 0.335 e. The molecule has 4 heteroatoms. The quantitative estimate of drug-likeness (QED) is 0.898. The number of carboxylic acids is 1. The van der Waals surface area contributed by atoms with Crippen molar-refractivity contribution >= 4 is 5.97 Å². The average Bonchev–Trinajstić information content (AvgIpc) is 2.81. The fourth-order valence-corrected chi connectivity index (χ4v) is 2.62. The highest BCUT2D eigenvalue weighted by Gasteiger charge is 2.19. The van der Waals surface area contributed by atoms with E-state index in [2.05, 4.69) is 16.5 Å². The molecule has 1 aromatic carbocycles. The molecule has 0 saturated heterocycles. The predicted molar refractivity (Wildman–Crippen MR) is 72.1 cm³/mol. The van der Waals surface area contributed by atoms with E-state index in [4.69, 9.17) is 5.11 Å². The maximum atomic E-state index is 10.8. The van der Waals surface area contributed by atoms with Gasteiger partial charge >= 0.3 is 5.97 Å². The molecule has 1 unspecified atom stereocenters. The first kappa shape index (κ1) is 12.0. The molecule has 98 valence electrons. The van der Waals surface area contributed by atoms with Gasteiger partial charge in [0.25, 0.3) is 0 Å². The first-order chi connectivity index (χ1) is 9.15. The van der Waals surface area contributed by atoms with Crippen LogP contribution in [0.3, 0.4) is 0 Å². The second-order valence-corrected chi connectivity index (χ2v) is 5.21. The molecule has 0 radical (unpaired) electrons. The summed E-state index contributed by atoms with van der Waals surface area (Å²) in [6, 6.07) is 6.92. The summed E-state index contributed by atoms with van der Waals surface area (Å²) in [5.74, 6) is 0.760. The summed E-state index contributed by atoms with van der Waals surface area (Å²) in [4.78, 5) is 15.3. The Morgan fingerprint density at radius 2 is 2.11 bits per heavy atom. The number of aromatic carboxylic acids is 1. The number of fused-ring (bicyclic) bond motifs is 1. The van der Waals surface area contributed by atoms with Crippen molar-refractivity contribution in [2.24, 2.45) is 5.92 Å². The van der Waals surface area contributed by atoms with Gasteiger partial charge < -0.3 is 9.67 Å². The van der Waals surface area contributed by atoms with Gasteiger partial charge in [0.15, 0.2) is 0 Å². The Bertz CT molecular complexity index is 614. The van der Waals surface area contributed by atoms with Gasteiger partial charge in [-0.15, -0.1) is 0 Å². The summed E-state index contributed by atoms with van der Waals surface area (Å²) in [6.45, 7) is 3.25. The lowest BCUT2D eigenvalue weighted by Gasteiger charge is -2.21. The Hall–Kier alpha value is -2.10. The molecule has 3 rings (SSSR count). The van der Waals surface area contributed by atoms with Crippen LogP contribution in [-0.4, -0.2) is 20.6 Å². The van der Waals surface area contributed by atoms with Gasteiger partial charge in [0.1, 0.15) is 5.82 Å². The molecule has 1 aromatic heterocycles. The minimum Gasteiger partial charge on any atom is -0.478 e. The zero-order valence-electron chi connectivity index (χ0n) is 10.8. The van der Waals surface area contributed by atoms with Crippen LogP contribution < -0.4 is 0 Å². The van der Waals surface area contributed by atoms with E-state index in [9.17, 15) is 4.79 Å². The van der Waals surface area contributed by atoms with Crippen molar-refractivity contribution in [1.82, 2.24) is 9.55 Å². The number of carboxylic acid groups (broad SMARTS) is 1. The highest BCUT2D eigenvalue weighted by atomic mass is 16.4. The maximum Gasteiger partial charge on any atom is 0.335 e. The second kappa shape index (κ2) is 4.53. The third kappa shape index (κ3) is 2.14. The molecule has 4 nitrogen and oxygen atoms in total. The van der Waals surface area contributed by atoms with Gasteiger partial charge in [-0.3, -0.25) is 0 Å². The molecule has 0 aliphatic carbocycles. The van der Waals surface area contributed by atoms with Crippen LogP contribution >= 0.6 is 0 Å². The summed E-state index contributed by atoms with van der Waals surface area (Å²) in [5, 5.41) is 8.91. The van der Waals surface area contributed by atoms with E-state index in [1.54, 1.807) is 12.1 Å². The first-order valence-corrected chi connectivity index (χ1v) is 6.53. The van der Waals surface area contributed by atoms with Crippen LogP contribution in [0.15, 0.2) is 30.5 Å². The molecular weight excluding hydrogens is 240 g/mol. The van der Waals surface area contributed by atoms with E-state index in [0.717, 1.165) is 24.4 Å². The number of aromatic nitrogens is 2. The molecule has 0 amide bonds. The van der Waals surface area contributed by atoms with Crippen LogP contribution in [0.4, 0.5) is 0 Å². The number of nitrogens with zero attached hydrogens (tertiary/aromatic N) is 2. The molecule has 1 N–H and O–H groups in total. The molecule has 0 spiro atoms. The topological polar surface area (TPSA) is 55.1 Å². The van der Waals surface area contributed by atoms with Gasteiger partial charge in [0.2, 0.25) is 0 Å². The van der Waals surface area contributed by atoms with Crippen molar-refractivity contribution < 1.29 is 9.90 Å². The third-order valence-electron chi connectivity index (χ3n) is 3.73. The lowest BCUT2D eigenvalue weighted by atomic mass is 9.98. The van der Waals surface area contributed by atoms with E-state index in [1.807, 2.05) is 18.3 Å². The number of rotatable bonds is 2. The zero-order valence-corrected chi connectivity index (χ0v) is 10.8. The molecule has 2 aromatic rings. The minimum atomic E-state index is -0.898. The summed E-state index contributed by atoms with van der Waals surface area (Å²) >= 11 is 0. The molecule has 1 atom stereocenters. The number of imidazole rings is 1. The standard InChI is InChI=1S/C15H16N2O2/c1-10-6-7-17-13(8-10)9-16-14(17)11-2-4-12(5-3-11)15(18)19/h2-5,9-10H,6-8H2,1H3,(H,18,19). The first-order valence-electron chi connectivity index (χ1n) is 6.53. The van der Waals surface area contributed by atoms with Crippen LogP contribution in [-0.2, 0) is 13.0 Å². The normalized spacial score (nSPS) is 18.1. The Morgan fingerprint density at radius 1 is 1.37 bits per heavy atom. The lowest BCUT2D eigenvalue weighted by molar-refractivity contribution is 0.0697. The summed E-state index contributed by atoms with van der Waals surface area (Å²) < 4.78 is 2.25. The van der Waals surface area contributed by atoms with Crippen LogP contribution in [0.5, 0.6) is 0 Å². The lowest BCUT2D eigenvalue weighted by Crippen LogP contribution is -2.17. The second-order valence-electron chi connectivity index (χ2n) is 5.21. The van der Waals surface area contributed by atoms with Crippen molar-refractivity contribution in [2.75, 3.05) is 0 Å². The van der Waals surface area contributed by atoms with E-state index in [1.165, 1.54) is 12.1 Å². The van der Waals surface area contributed by atoms with Crippen molar-refractivity contribution in [3.8, 4) is 11.4 Å². The molecule has 0 saturated carbocycles. The molecule has 0 fully saturated rings. The maximum absolute atomic E-state index is 10.8. The van der Waals surface area contributed by atoms with Gasteiger partial charge in [0, 0.05) is 24.0 Å². The molecule has 2 heterocycles. The van der Waals surface area contributed by atoms with E-state index < -0.39 is 5.97 Å². The molecular formula is C15H16N2O2. The summed E-state index contributed by atoms with van der Waals surface area (Å²) in [5.41, 5.74) is 2.56. The summed E-state index contributed by atoms with van der Waals surface area (Å²) in [7, 11) is 0. The van der Waals surface area contributed by atoms with Gasteiger partial charge in [0.05, 0.1) is 5.56 Å². The van der Waals surface area contributed by atoms with Crippen LogP contribution in [0, 0.1) is 5.92 Å². The highest BCUT2D eigenvalue weighted by molar-refractivity contribution is 5.88. The Kier molecular flexibility index (Phi) is 2.85. The summed E-state index contributed by atoms with van der Waals surface area (Å²) in [6.07, 6.45) is 4.18. The van der Waals surface area contributed by atoms with Gasteiger partial charge in [-0.05, 0) is 30.9 Å². The number of hydrogen-bond donors (Lipinski definition) is 1. The van der Waals surface area contributed by atoms with Gasteiger partial charge in [-0.1, -0.05) is 19.1 Å². The number of carbonyl (C=O) groups is 1. The van der Waals surface area contributed by atoms with Crippen molar-refractivity contribution in [3.05, 3.63) is 41.7 Å². The Balaban J connectivity index is 1.97. The van der Waals surface area contributed by atoms with E-state index in [-0.39, 0.29) is 0 Å². The largest absolute Gasteiger partial charge is 0.478 e. The molecule has 1 aliphatic heterocycles. The van der Waals surface area contributed by atoms with E-state index >= 15 is 0 Å². The number of hydrogen-bond acceptors (Lipinski definition) is 2. The van der Waals surface area contributed by atoms with Gasteiger partial charge in [-0.25, -0.2) is 9.78 Å². The fourth-order valence-electron chi connectivity index (χ4n) is 2.62. The van der Waals surface area contributed by atoms with E-state index in [0.29, 0.717) is 11.5 Å². The van der Waals surface area contributed by atoms with Crippen LogP contribution in [0.25, 0.3) is 11.4 Å². The van der Waals surface area contributed by atoms with Gasteiger partial charge in [-0.2, -0.15) is 0 Å². The fraction of sp³-hybridized carbons (Fsp3) is 0.333. The molecule has 19 heavy (non-hydrogen) atoms. The van der Waals surface area contributed by atoms with Crippen molar-refractivity contribution in [1.29, 1.82) is 0 Å². The van der Waals surface area contributed by atoms with Crippen molar-refractivity contribution in [2.45, 2.75) is 26.3 Å². The SMILES string of the molecule is CC1CCn2c(cnc2-c2ccc(C(=O)O)cc2)C1. The average molecular weight is 256 g/mol. The Labute approximate surface area is 111 Å². The minimum absolute atomic E-state index is 0.308. The third-order valence-corrected chi connectivity index (χ3v) is 3.73. The van der Waals surface area contributed by atoms with Crippen LogP contribution in [0.2, 0.25) is 0 Å². The van der Waals surface area contributed by atoms with Crippen LogP contribution in [0.1, 0.15) is 29.4 Å². The predicted octanol–water partition coefficient (Wildman–Crippen LogP) is 2.83. The monoisotopic (exact) mass is 256 g/mol. The van der Waals surface area contributed by atoms with Crippen molar-refractivity contribution in [3.63, 3.8) is 0 Å². The highest BCUT2D eigenvalue weighted by Crippen LogP contribution is 2.27.